The Hall–Kier alpha value is -3.68. The molecule has 0 bridgehead atoms. The van der Waals surface area contributed by atoms with Gasteiger partial charge in [0.1, 0.15) is 5.70 Å². The number of nitrogens with one attached hydrogen (secondary N) is 1. The lowest BCUT2D eigenvalue weighted by Crippen LogP contribution is -2.32. The highest BCUT2D eigenvalue weighted by molar-refractivity contribution is 6.48. The Kier molecular flexibility index (Phi) is 5.69. The topological polar surface area (TPSA) is 92.6 Å². The van der Waals surface area contributed by atoms with Crippen molar-refractivity contribution >= 4 is 57.7 Å². The summed E-state index contributed by atoms with van der Waals surface area (Å²) in [7, 11) is 0. The van der Waals surface area contributed by atoms with E-state index in [-0.39, 0.29) is 27.7 Å². The van der Waals surface area contributed by atoms with Crippen LogP contribution in [0.1, 0.15) is 11.1 Å². The number of rotatable bonds is 5. The highest BCUT2D eigenvalue weighted by Crippen LogP contribution is 2.37. The Bertz CT molecular complexity index is 1300. The van der Waals surface area contributed by atoms with Crippen molar-refractivity contribution in [1.29, 1.82) is 0 Å². The van der Waals surface area contributed by atoms with Crippen LogP contribution in [0.25, 0.3) is 5.57 Å². The molecule has 0 radical (unpaired) electrons. The van der Waals surface area contributed by atoms with E-state index in [2.05, 4.69) is 5.32 Å². The van der Waals surface area contributed by atoms with Crippen molar-refractivity contribution in [1.82, 2.24) is 0 Å². The summed E-state index contributed by atoms with van der Waals surface area (Å²) in [6.07, 6.45) is 0. The summed E-state index contributed by atoms with van der Waals surface area (Å²) >= 11 is 12.5. The Morgan fingerprint density at radius 2 is 1.59 bits per heavy atom. The number of benzene rings is 3. The summed E-state index contributed by atoms with van der Waals surface area (Å²) in [5.41, 5.74) is 1.91. The molecule has 0 aliphatic carbocycles. The van der Waals surface area contributed by atoms with Crippen molar-refractivity contribution in [2.24, 2.45) is 0 Å². The molecular formula is C23H15Cl2N3O4. The third-order valence-corrected chi connectivity index (χ3v) is 5.71. The van der Waals surface area contributed by atoms with Gasteiger partial charge in [-0.1, -0.05) is 41.4 Å². The SMILES string of the molecule is Cc1ccc(NC2=C(c3ccc([N+](=O)[O-])cc3)C(=O)N(c3ccccc3Cl)C2=O)cc1Cl. The highest BCUT2D eigenvalue weighted by atomic mass is 35.5. The van der Waals surface area contributed by atoms with Crippen molar-refractivity contribution < 1.29 is 14.5 Å². The molecule has 9 heteroatoms. The number of anilines is 2. The van der Waals surface area contributed by atoms with E-state index in [1.54, 1.807) is 42.5 Å². The maximum absolute atomic E-state index is 13.4. The smallest absolute Gasteiger partial charge is 0.282 e. The molecule has 0 aromatic heterocycles. The zero-order valence-corrected chi connectivity index (χ0v) is 18.1. The van der Waals surface area contributed by atoms with Crippen LogP contribution in [0.3, 0.4) is 0 Å². The fraction of sp³-hybridized carbons (Fsp3) is 0.0435. The third-order valence-electron chi connectivity index (χ3n) is 4.99. The van der Waals surface area contributed by atoms with E-state index in [0.29, 0.717) is 16.3 Å². The molecule has 32 heavy (non-hydrogen) atoms. The lowest BCUT2D eigenvalue weighted by atomic mass is 10.0. The fourth-order valence-electron chi connectivity index (χ4n) is 3.33. The number of amides is 2. The molecule has 7 nitrogen and oxygen atoms in total. The molecule has 2 amide bonds. The molecule has 1 aliphatic rings. The summed E-state index contributed by atoms with van der Waals surface area (Å²) in [6.45, 7) is 1.84. The maximum Gasteiger partial charge on any atom is 0.282 e. The fourth-order valence-corrected chi connectivity index (χ4v) is 3.73. The molecule has 160 valence electrons. The molecule has 1 heterocycles. The second kappa shape index (κ2) is 8.45. The molecule has 3 aromatic rings. The minimum absolute atomic E-state index is 0.0173. The zero-order chi connectivity index (χ0) is 23.0. The minimum atomic E-state index is -0.604. The number of hydrogen-bond donors (Lipinski definition) is 1. The second-order valence-electron chi connectivity index (χ2n) is 7.04. The Morgan fingerprint density at radius 1 is 0.906 bits per heavy atom. The molecule has 4 rings (SSSR count). The number of nitro benzene ring substituents is 1. The average Bonchev–Trinajstić information content (AvgIpc) is 3.01. The summed E-state index contributed by atoms with van der Waals surface area (Å²) in [5.74, 6) is -1.20. The van der Waals surface area contributed by atoms with Gasteiger partial charge in [-0.2, -0.15) is 0 Å². The van der Waals surface area contributed by atoms with Crippen LogP contribution in [0.2, 0.25) is 10.0 Å². The Morgan fingerprint density at radius 3 is 2.22 bits per heavy atom. The number of hydrogen-bond acceptors (Lipinski definition) is 5. The monoisotopic (exact) mass is 467 g/mol. The summed E-state index contributed by atoms with van der Waals surface area (Å²) < 4.78 is 0. The van der Waals surface area contributed by atoms with Gasteiger partial charge >= 0.3 is 0 Å². The minimum Gasteiger partial charge on any atom is -0.350 e. The molecular weight excluding hydrogens is 453 g/mol. The number of halogens is 2. The van der Waals surface area contributed by atoms with Crippen molar-refractivity contribution in [2.45, 2.75) is 6.92 Å². The first-order valence-corrected chi connectivity index (χ1v) is 10.2. The van der Waals surface area contributed by atoms with Crippen molar-refractivity contribution in [2.75, 3.05) is 10.2 Å². The van der Waals surface area contributed by atoms with Gasteiger partial charge in [-0.15, -0.1) is 0 Å². The van der Waals surface area contributed by atoms with Crippen molar-refractivity contribution in [3.8, 4) is 0 Å². The molecule has 3 aromatic carbocycles. The number of nitrogens with zero attached hydrogens (tertiary/aromatic N) is 2. The lowest BCUT2D eigenvalue weighted by molar-refractivity contribution is -0.384. The van der Waals surface area contributed by atoms with Crippen LogP contribution in [0, 0.1) is 17.0 Å². The van der Waals surface area contributed by atoms with Crippen LogP contribution in [0.5, 0.6) is 0 Å². The third kappa shape index (κ3) is 3.84. The van der Waals surface area contributed by atoms with E-state index in [1.165, 1.54) is 24.3 Å². The van der Waals surface area contributed by atoms with Gasteiger partial charge in [0, 0.05) is 22.8 Å². The van der Waals surface area contributed by atoms with Gasteiger partial charge in [0.2, 0.25) is 0 Å². The first-order valence-electron chi connectivity index (χ1n) is 9.43. The van der Waals surface area contributed by atoms with Gasteiger partial charge in [-0.3, -0.25) is 19.7 Å². The summed E-state index contributed by atoms with van der Waals surface area (Å²) in [6, 6.07) is 17.1. The van der Waals surface area contributed by atoms with Crippen LogP contribution in [0.4, 0.5) is 17.1 Å². The summed E-state index contributed by atoms with van der Waals surface area (Å²) in [4.78, 5) is 38.2. The zero-order valence-electron chi connectivity index (χ0n) is 16.6. The first kappa shape index (κ1) is 21.5. The van der Waals surface area contributed by atoms with Gasteiger partial charge in [0.15, 0.2) is 0 Å². The summed E-state index contributed by atoms with van der Waals surface area (Å²) in [5, 5.41) is 14.7. The van der Waals surface area contributed by atoms with Gasteiger partial charge in [-0.25, -0.2) is 4.90 Å². The van der Waals surface area contributed by atoms with Crippen LogP contribution in [-0.4, -0.2) is 16.7 Å². The Balaban J connectivity index is 1.84. The molecule has 0 atom stereocenters. The number of carbonyl (C=O) groups excluding carboxylic acids is 2. The predicted molar refractivity (Wildman–Crippen MR) is 124 cm³/mol. The van der Waals surface area contributed by atoms with Crippen LogP contribution >= 0.6 is 23.2 Å². The molecule has 0 unspecified atom stereocenters. The van der Waals surface area contributed by atoms with Crippen LogP contribution < -0.4 is 10.2 Å². The van der Waals surface area contributed by atoms with Crippen LogP contribution in [0.15, 0.2) is 72.4 Å². The van der Waals surface area contributed by atoms with E-state index in [4.69, 9.17) is 23.2 Å². The second-order valence-corrected chi connectivity index (χ2v) is 7.85. The Labute approximate surface area is 193 Å². The van der Waals surface area contributed by atoms with Gasteiger partial charge in [-0.05, 0) is 54.4 Å². The largest absolute Gasteiger partial charge is 0.350 e. The molecule has 0 saturated heterocycles. The van der Waals surface area contributed by atoms with E-state index < -0.39 is 16.7 Å². The van der Waals surface area contributed by atoms with Crippen molar-refractivity contribution in [3.05, 3.63) is 104 Å². The molecule has 0 fully saturated rings. The molecule has 1 aliphatic heterocycles. The van der Waals surface area contributed by atoms with Gasteiger partial charge < -0.3 is 5.32 Å². The van der Waals surface area contributed by atoms with Gasteiger partial charge in [0.05, 0.1) is 21.2 Å². The number of carbonyl (C=O) groups is 2. The number of para-hydroxylation sites is 1. The van der Waals surface area contributed by atoms with E-state index in [1.807, 2.05) is 6.92 Å². The standard InChI is InChI=1S/C23H15Cl2N3O4/c1-13-6-9-15(12-18(13)25)26-21-20(14-7-10-16(11-8-14)28(31)32)22(29)27(23(21)30)19-5-3-2-4-17(19)24/h2-12,26H,1H3. The maximum atomic E-state index is 13.4. The number of imide groups is 1. The van der Waals surface area contributed by atoms with E-state index >= 15 is 0 Å². The van der Waals surface area contributed by atoms with Crippen molar-refractivity contribution in [3.63, 3.8) is 0 Å². The lowest BCUT2D eigenvalue weighted by Gasteiger charge is -2.16. The highest BCUT2D eigenvalue weighted by Gasteiger charge is 2.41. The van der Waals surface area contributed by atoms with Crippen LogP contribution in [-0.2, 0) is 9.59 Å². The normalized spacial score (nSPS) is 13.7. The van der Waals surface area contributed by atoms with E-state index in [0.717, 1.165) is 10.5 Å². The number of non-ortho nitro benzene ring substituents is 1. The first-order chi connectivity index (χ1) is 15.3. The quantitative estimate of drug-likeness (QED) is 0.299. The average molecular weight is 468 g/mol. The van der Waals surface area contributed by atoms with E-state index in [9.17, 15) is 19.7 Å². The number of nitro groups is 1. The van der Waals surface area contributed by atoms with Gasteiger partial charge in [0.25, 0.3) is 17.5 Å². The predicted octanol–water partition coefficient (Wildman–Crippen LogP) is 5.61. The molecule has 0 saturated carbocycles. The molecule has 0 spiro atoms. The number of aryl methyl sites for hydroxylation is 1. The molecule has 1 N–H and O–H groups in total.